The third-order valence-corrected chi connectivity index (χ3v) is 2.18. The van der Waals surface area contributed by atoms with Crippen LogP contribution in [-0.2, 0) is 11.8 Å². The Morgan fingerprint density at radius 1 is 1.92 bits per heavy atom. The molecule has 0 aromatic carbocycles. The van der Waals surface area contributed by atoms with E-state index in [9.17, 15) is 9.90 Å². The molecule has 1 aromatic rings. The molecule has 0 saturated heterocycles. The molecule has 1 rings (SSSR count). The van der Waals surface area contributed by atoms with Crippen LogP contribution in [0.1, 0.15) is 18.2 Å². The average Bonchev–Trinajstić information content (AvgIpc) is 2.32. The number of carbonyl (C=O) groups excluding carboxylic acids is 1. The molecule has 12 heavy (non-hydrogen) atoms. The fraction of sp³-hybridized carbons (Fsp3) is 0.429. The molecule has 4 nitrogen and oxygen atoms in total. The summed E-state index contributed by atoms with van der Waals surface area (Å²) in [5.74, 6) is 0. The smallest absolute Gasteiger partial charge is 0.122 e. The SMILES string of the molecule is Cn1ncc(Br)c1C(O)CC=O. The van der Waals surface area contributed by atoms with E-state index < -0.39 is 6.10 Å². The van der Waals surface area contributed by atoms with E-state index in [1.54, 1.807) is 13.2 Å². The zero-order valence-corrected chi connectivity index (χ0v) is 8.15. The van der Waals surface area contributed by atoms with Crippen LogP contribution in [0.5, 0.6) is 0 Å². The van der Waals surface area contributed by atoms with E-state index in [1.807, 2.05) is 0 Å². The molecular weight excluding hydrogens is 224 g/mol. The summed E-state index contributed by atoms with van der Waals surface area (Å²) in [6, 6.07) is 0. The van der Waals surface area contributed by atoms with Gasteiger partial charge in [0.2, 0.25) is 0 Å². The lowest BCUT2D eigenvalue weighted by Gasteiger charge is -2.07. The summed E-state index contributed by atoms with van der Waals surface area (Å²) in [6.07, 6.45) is 1.59. The van der Waals surface area contributed by atoms with Crippen molar-refractivity contribution in [2.75, 3.05) is 0 Å². The molecule has 0 amide bonds. The molecule has 1 N–H and O–H groups in total. The Bertz CT molecular complexity index is 265. The molecule has 1 atom stereocenters. The van der Waals surface area contributed by atoms with Crippen LogP contribution < -0.4 is 0 Å². The van der Waals surface area contributed by atoms with Crippen LogP contribution >= 0.6 is 15.9 Å². The molecule has 0 aliphatic carbocycles. The van der Waals surface area contributed by atoms with Gasteiger partial charge in [0.05, 0.1) is 16.4 Å². The molecule has 1 heterocycles. The molecule has 1 aromatic heterocycles. The van der Waals surface area contributed by atoms with Crippen molar-refractivity contribution in [1.82, 2.24) is 9.78 Å². The zero-order valence-electron chi connectivity index (χ0n) is 6.57. The molecule has 0 saturated carbocycles. The largest absolute Gasteiger partial charge is 0.386 e. The van der Waals surface area contributed by atoms with E-state index in [-0.39, 0.29) is 6.42 Å². The molecule has 0 spiro atoms. The van der Waals surface area contributed by atoms with Crippen LogP contribution in [0, 0.1) is 0 Å². The Balaban J connectivity index is 2.92. The fourth-order valence-corrected chi connectivity index (χ4v) is 1.61. The van der Waals surface area contributed by atoms with Crippen molar-refractivity contribution < 1.29 is 9.90 Å². The summed E-state index contributed by atoms with van der Waals surface area (Å²) in [7, 11) is 1.72. The van der Waals surface area contributed by atoms with Crippen LogP contribution in [0.4, 0.5) is 0 Å². The first-order chi connectivity index (χ1) is 5.66. The van der Waals surface area contributed by atoms with Crippen molar-refractivity contribution in [3.8, 4) is 0 Å². The third-order valence-electron chi connectivity index (χ3n) is 1.57. The van der Waals surface area contributed by atoms with Crippen molar-refractivity contribution in [2.45, 2.75) is 12.5 Å². The van der Waals surface area contributed by atoms with Gasteiger partial charge in [-0.3, -0.25) is 4.68 Å². The lowest BCUT2D eigenvalue weighted by molar-refractivity contribution is -0.109. The van der Waals surface area contributed by atoms with Crippen molar-refractivity contribution in [1.29, 1.82) is 0 Å². The number of halogens is 1. The Morgan fingerprint density at radius 3 is 3.00 bits per heavy atom. The molecule has 1 unspecified atom stereocenters. The summed E-state index contributed by atoms with van der Waals surface area (Å²) >= 11 is 3.23. The summed E-state index contributed by atoms with van der Waals surface area (Å²) in [6.45, 7) is 0. The minimum atomic E-state index is -0.774. The van der Waals surface area contributed by atoms with Crippen LogP contribution in [0.15, 0.2) is 10.7 Å². The first-order valence-corrected chi connectivity index (χ1v) is 4.25. The van der Waals surface area contributed by atoms with Crippen molar-refractivity contribution >= 4 is 22.2 Å². The van der Waals surface area contributed by atoms with Gasteiger partial charge in [0, 0.05) is 13.5 Å². The molecule has 0 fully saturated rings. The number of nitrogens with zero attached hydrogens (tertiary/aromatic N) is 2. The van der Waals surface area contributed by atoms with E-state index in [1.165, 1.54) is 4.68 Å². The van der Waals surface area contributed by atoms with Crippen molar-refractivity contribution in [3.05, 3.63) is 16.4 Å². The highest BCUT2D eigenvalue weighted by atomic mass is 79.9. The minimum Gasteiger partial charge on any atom is -0.386 e. The average molecular weight is 233 g/mol. The van der Waals surface area contributed by atoms with E-state index in [4.69, 9.17) is 0 Å². The van der Waals surface area contributed by atoms with E-state index in [2.05, 4.69) is 21.0 Å². The fourth-order valence-electron chi connectivity index (χ4n) is 0.998. The quantitative estimate of drug-likeness (QED) is 0.785. The second-order valence-corrected chi connectivity index (χ2v) is 3.27. The highest BCUT2D eigenvalue weighted by molar-refractivity contribution is 9.10. The summed E-state index contributed by atoms with van der Waals surface area (Å²) in [4.78, 5) is 10.1. The number of carbonyl (C=O) groups is 1. The summed E-state index contributed by atoms with van der Waals surface area (Å²) in [5, 5.41) is 13.4. The van der Waals surface area contributed by atoms with Crippen molar-refractivity contribution in [2.24, 2.45) is 7.05 Å². The van der Waals surface area contributed by atoms with Gasteiger partial charge in [0.25, 0.3) is 0 Å². The predicted molar refractivity (Wildman–Crippen MR) is 46.5 cm³/mol. The predicted octanol–water partition coefficient (Wildman–Crippen LogP) is 0.805. The second-order valence-electron chi connectivity index (χ2n) is 2.42. The number of aryl methyl sites for hydroxylation is 1. The molecular formula is C7H9BrN2O2. The van der Waals surface area contributed by atoms with Crippen LogP contribution in [-0.4, -0.2) is 21.2 Å². The molecule has 0 bridgehead atoms. The Labute approximate surface area is 78.3 Å². The van der Waals surface area contributed by atoms with Gasteiger partial charge in [-0.1, -0.05) is 0 Å². The van der Waals surface area contributed by atoms with Crippen LogP contribution in [0.3, 0.4) is 0 Å². The lowest BCUT2D eigenvalue weighted by Crippen LogP contribution is -2.06. The van der Waals surface area contributed by atoms with Gasteiger partial charge in [-0.15, -0.1) is 0 Å². The van der Waals surface area contributed by atoms with Gasteiger partial charge in [-0.05, 0) is 15.9 Å². The molecule has 0 aliphatic rings. The monoisotopic (exact) mass is 232 g/mol. The molecule has 5 heteroatoms. The maximum atomic E-state index is 10.1. The van der Waals surface area contributed by atoms with Crippen molar-refractivity contribution in [3.63, 3.8) is 0 Å². The third kappa shape index (κ3) is 1.73. The van der Waals surface area contributed by atoms with E-state index >= 15 is 0 Å². The normalized spacial score (nSPS) is 12.9. The Hall–Kier alpha value is -0.680. The van der Waals surface area contributed by atoms with Crippen LogP contribution in [0.2, 0.25) is 0 Å². The highest BCUT2D eigenvalue weighted by Gasteiger charge is 2.14. The zero-order chi connectivity index (χ0) is 9.14. The van der Waals surface area contributed by atoms with E-state index in [0.29, 0.717) is 12.0 Å². The van der Waals surface area contributed by atoms with Gasteiger partial charge < -0.3 is 9.90 Å². The summed E-state index contributed by atoms with van der Waals surface area (Å²) < 4.78 is 2.26. The number of aromatic nitrogens is 2. The standard InChI is InChI=1S/C7H9BrN2O2/c1-10-7(5(8)4-9-10)6(12)2-3-11/h3-4,6,12H,2H2,1H3. The van der Waals surface area contributed by atoms with E-state index in [0.717, 1.165) is 4.47 Å². The number of hydrogen-bond acceptors (Lipinski definition) is 3. The topological polar surface area (TPSA) is 55.1 Å². The molecule has 0 radical (unpaired) electrons. The van der Waals surface area contributed by atoms with Gasteiger partial charge in [-0.25, -0.2) is 0 Å². The Morgan fingerprint density at radius 2 is 2.58 bits per heavy atom. The molecule has 0 aliphatic heterocycles. The highest BCUT2D eigenvalue weighted by Crippen LogP contribution is 2.23. The summed E-state index contributed by atoms with van der Waals surface area (Å²) in [5.41, 5.74) is 0.627. The maximum Gasteiger partial charge on any atom is 0.122 e. The van der Waals surface area contributed by atoms with Crippen LogP contribution in [0.25, 0.3) is 0 Å². The van der Waals surface area contributed by atoms with Gasteiger partial charge in [0.15, 0.2) is 0 Å². The second kappa shape index (κ2) is 3.82. The Kier molecular flexibility index (Phi) is 2.99. The minimum absolute atomic E-state index is 0.0954. The molecule has 66 valence electrons. The number of aliphatic hydroxyl groups is 1. The maximum absolute atomic E-state index is 10.1. The number of hydrogen-bond donors (Lipinski definition) is 1. The first-order valence-electron chi connectivity index (χ1n) is 3.46. The van der Waals surface area contributed by atoms with Gasteiger partial charge in [-0.2, -0.15) is 5.10 Å². The number of rotatable bonds is 3. The number of aldehydes is 1. The first kappa shape index (κ1) is 9.41. The van der Waals surface area contributed by atoms with Gasteiger partial charge in [0.1, 0.15) is 12.4 Å². The number of aliphatic hydroxyl groups excluding tert-OH is 1. The lowest BCUT2D eigenvalue weighted by atomic mass is 10.2. The van der Waals surface area contributed by atoms with Gasteiger partial charge >= 0.3 is 0 Å².